The van der Waals surface area contributed by atoms with Crippen molar-refractivity contribution >= 4 is 0 Å². The van der Waals surface area contributed by atoms with E-state index in [-0.39, 0.29) is 11.2 Å². The monoisotopic (exact) mass is 414 g/mol. The molecule has 3 nitrogen and oxygen atoms in total. The number of ether oxygens (including phenoxy) is 3. The Balaban J connectivity index is 1.32. The lowest BCUT2D eigenvalue weighted by Gasteiger charge is -2.17. The van der Waals surface area contributed by atoms with Crippen LogP contribution in [0.25, 0.3) is 0 Å². The summed E-state index contributed by atoms with van der Waals surface area (Å²) in [5.41, 5.74) is 1.83. The minimum absolute atomic E-state index is 0.130. The van der Waals surface area contributed by atoms with Crippen LogP contribution < -0.4 is 9.47 Å². The third kappa shape index (κ3) is 5.33. The van der Waals surface area contributed by atoms with Gasteiger partial charge in [0.15, 0.2) is 0 Å². The van der Waals surface area contributed by atoms with Gasteiger partial charge in [-0.25, -0.2) is 0 Å². The first kappa shape index (κ1) is 20.3. The Morgan fingerprint density at radius 1 is 0.767 bits per heavy atom. The van der Waals surface area contributed by atoms with Crippen molar-refractivity contribution in [1.82, 2.24) is 0 Å². The highest BCUT2D eigenvalue weighted by Crippen LogP contribution is 2.48. The van der Waals surface area contributed by atoms with E-state index in [0.717, 1.165) is 35.5 Å². The van der Waals surface area contributed by atoms with E-state index in [2.05, 4.69) is 4.74 Å². The molecule has 6 heteroatoms. The number of benzene rings is 3. The number of hydrogen-bond donors (Lipinski definition) is 0. The third-order valence-corrected chi connectivity index (χ3v) is 5.08. The minimum Gasteiger partial charge on any atom is -0.457 e. The van der Waals surface area contributed by atoms with E-state index in [1.807, 2.05) is 54.6 Å². The standard InChI is InChI=1S/C24H21F3O3/c25-24(26,27)30-21-11-9-19(10-12-21)23(13-14-23)17-28-16-18-5-4-8-22(15-18)29-20-6-2-1-3-7-20/h1-12,15H,13-14,16-17H2. The van der Waals surface area contributed by atoms with Gasteiger partial charge in [0.1, 0.15) is 17.2 Å². The zero-order valence-corrected chi connectivity index (χ0v) is 16.2. The zero-order valence-electron chi connectivity index (χ0n) is 16.2. The van der Waals surface area contributed by atoms with E-state index in [1.165, 1.54) is 12.1 Å². The quantitative estimate of drug-likeness (QED) is 0.414. The van der Waals surface area contributed by atoms with Gasteiger partial charge in [0.05, 0.1) is 13.2 Å². The van der Waals surface area contributed by atoms with Crippen LogP contribution in [0, 0.1) is 0 Å². The SMILES string of the molecule is FC(F)(F)Oc1ccc(C2(COCc3cccc(Oc4ccccc4)c3)CC2)cc1. The number of rotatable bonds is 8. The van der Waals surface area contributed by atoms with Gasteiger partial charge in [-0.15, -0.1) is 13.2 Å². The molecule has 0 radical (unpaired) electrons. The van der Waals surface area contributed by atoms with Crippen LogP contribution in [0.4, 0.5) is 13.2 Å². The molecule has 0 aromatic heterocycles. The first-order valence-electron chi connectivity index (χ1n) is 9.68. The average Bonchev–Trinajstić information content (AvgIpc) is 3.49. The van der Waals surface area contributed by atoms with Crippen LogP contribution in [0.2, 0.25) is 0 Å². The minimum atomic E-state index is -4.68. The van der Waals surface area contributed by atoms with Gasteiger partial charge >= 0.3 is 6.36 Å². The fraction of sp³-hybridized carbons (Fsp3) is 0.250. The predicted molar refractivity (Wildman–Crippen MR) is 107 cm³/mol. The third-order valence-electron chi connectivity index (χ3n) is 5.08. The van der Waals surface area contributed by atoms with Crippen LogP contribution in [0.5, 0.6) is 17.2 Å². The summed E-state index contributed by atoms with van der Waals surface area (Å²) in [5.74, 6) is 1.30. The van der Waals surface area contributed by atoms with Gasteiger partial charge in [-0.05, 0) is 60.4 Å². The van der Waals surface area contributed by atoms with Crippen LogP contribution in [0.1, 0.15) is 24.0 Å². The molecular weight excluding hydrogens is 393 g/mol. The Hall–Kier alpha value is -2.99. The highest BCUT2D eigenvalue weighted by molar-refractivity contribution is 5.37. The van der Waals surface area contributed by atoms with E-state index in [1.54, 1.807) is 12.1 Å². The Kier molecular flexibility index (Phi) is 5.68. The Labute approximate surface area is 173 Å². The molecule has 0 spiro atoms. The maximum Gasteiger partial charge on any atom is 0.573 e. The summed E-state index contributed by atoms with van der Waals surface area (Å²) in [4.78, 5) is 0. The van der Waals surface area contributed by atoms with E-state index >= 15 is 0 Å². The molecule has 0 heterocycles. The van der Waals surface area contributed by atoms with Crippen LogP contribution >= 0.6 is 0 Å². The van der Waals surface area contributed by atoms with E-state index in [4.69, 9.17) is 9.47 Å². The molecule has 3 aromatic carbocycles. The van der Waals surface area contributed by atoms with Crippen molar-refractivity contribution < 1.29 is 27.4 Å². The Morgan fingerprint density at radius 2 is 1.47 bits per heavy atom. The smallest absolute Gasteiger partial charge is 0.457 e. The summed E-state index contributed by atoms with van der Waals surface area (Å²) in [6.45, 7) is 0.944. The van der Waals surface area contributed by atoms with Gasteiger partial charge in [0.2, 0.25) is 0 Å². The second-order valence-corrected chi connectivity index (χ2v) is 7.41. The fourth-order valence-corrected chi connectivity index (χ4v) is 3.37. The summed E-state index contributed by atoms with van der Waals surface area (Å²) in [6, 6.07) is 23.4. The summed E-state index contributed by atoms with van der Waals surface area (Å²) in [7, 11) is 0. The highest BCUT2D eigenvalue weighted by Gasteiger charge is 2.44. The Bertz CT molecular complexity index is 965. The molecule has 0 N–H and O–H groups in total. The van der Waals surface area contributed by atoms with Crippen molar-refractivity contribution in [2.24, 2.45) is 0 Å². The lowest BCUT2D eigenvalue weighted by atomic mass is 9.97. The summed E-state index contributed by atoms with van der Waals surface area (Å²) >= 11 is 0. The molecule has 156 valence electrons. The lowest BCUT2D eigenvalue weighted by molar-refractivity contribution is -0.274. The number of halogens is 3. The summed E-state index contributed by atoms with van der Waals surface area (Å²) in [6.07, 6.45) is -2.78. The molecule has 1 saturated carbocycles. The van der Waals surface area contributed by atoms with E-state index in [9.17, 15) is 13.2 Å². The molecule has 0 unspecified atom stereocenters. The first-order chi connectivity index (χ1) is 14.4. The topological polar surface area (TPSA) is 27.7 Å². The van der Waals surface area contributed by atoms with Crippen molar-refractivity contribution in [2.45, 2.75) is 31.2 Å². The van der Waals surface area contributed by atoms with Gasteiger partial charge in [-0.3, -0.25) is 0 Å². The fourth-order valence-electron chi connectivity index (χ4n) is 3.37. The molecule has 1 fully saturated rings. The van der Waals surface area contributed by atoms with Crippen LogP contribution in [0.15, 0.2) is 78.9 Å². The van der Waals surface area contributed by atoms with Gasteiger partial charge in [-0.1, -0.05) is 42.5 Å². The molecule has 30 heavy (non-hydrogen) atoms. The molecule has 0 aliphatic heterocycles. The van der Waals surface area contributed by atoms with Crippen molar-refractivity contribution in [2.75, 3.05) is 6.61 Å². The number of alkyl halides is 3. The lowest BCUT2D eigenvalue weighted by Crippen LogP contribution is -2.18. The maximum atomic E-state index is 12.3. The number of hydrogen-bond acceptors (Lipinski definition) is 3. The summed E-state index contributed by atoms with van der Waals surface area (Å²) < 4.78 is 52.7. The van der Waals surface area contributed by atoms with Crippen molar-refractivity contribution in [1.29, 1.82) is 0 Å². The average molecular weight is 414 g/mol. The maximum absolute atomic E-state index is 12.3. The Morgan fingerprint density at radius 3 is 2.13 bits per heavy atom. The normalized spacial score (nSPS) is 14.9. The molecular formula is C24H21F3O3. The van der Waals surface area contributed by atoms with Gasteiger partial charge in [0, 0.05) is 5.41 Å². The van der Waals surface area contributed by atoms with Gasteiger partial charge < -0.3 is 14.2 Å². The first-order valence-corrected chi connectivity index (χ1v) is 9.68. The molecule has 1 aliphatic rings. The molecule has 0 amide bonds. The van der Waals surface area contributed by atoms with Gasteiger partial charge in [-0.2, -0.15) is 0 Å². The molecule has 4 rings (SSSR count). The molecule has 1 aliphatic carbocycles. The molecule has 0 atom stereocenters. The zero-order chi connectivity index (χ0) is 21.0. The van der Waals surface area contributed by atoms with E-state index < -0.39 is 6.36 Å². The molecule has 3 aromatic rings. The largest absolute Gasteiger partial charge is 0.573 e. The second kappa shape index (κ2) is 8.40. The second-order valence-electron chi connectivity index (χ2n) is 7.41. The van der Waals surface area contributed by atoms with Gasteiger partial charge in [0.25, 0.3) is 0 Å². The highest BCUT2D eigenvalue weighted by atomic mass is 19.4. The van der Waals surface area contributed by atoms with Crippen molar-refractivity contribution in [3.05, 3.63) is 90.0 Å². The summed E-state index contributed by atoms with van der Waals surface area (Å²) in [5, 5.41) is 0. The van der Waals surface area contributed by atoms with Crippen molar-refractivity contribution in [3.8, 4) is 17.2 Å². The molecule has 0 bridgehead atoms. The number of para-hydroxylation sites is 1. The molecule has 0 saturated heterocycles. The predicted octanol–water partition coefficient (Wildman–Crippen LogP) is 6.63. The van der Waals surface area contributed by atoms with Crippen LogP contribution in [-0.4, -0.2) is 13.0 Å². The van der Waals surface area contributed by atoms with Crippen LogP contribution in [0.3, 0.4) is 0 Å². The van der Waals surface area contributed by atoms with E-state index in [0.29, 0.717) is 13.2 Å². The van der Waals surface area contributed by atoms with Crippen molar-refractivity contribution in [3.63, 3.8) is 0 Å². The van der Waals surface area contributed by atoms with Crippen LogP contribution in [-0.2, 0) is 16.8 Å².